The molecule has 1 aliphatic heterocycles. The highest BCUT2D eigenvalue weighted by atomic mass is 16.6. The van der Waals surface area contributed by atoms with Crippen LogP contribution in [0.5, 0.6) is 0 Å². The third-order valence-corrected chi connectivity index (χ3v) is 3.74. The van der Waals surface area contributed by atoms with Crippen LogP contribution in [0, 0.1) is 0 Å². The Morgan fingerprint density at radius 2 is 2.18 bits per heavy atom. The molecule has 0 unspecified atom stereocenters. The molecule has 4 atom stereocenters. The van der Waals surface area contributed by atoms with Gasteiger partial charge in [-0.05, 0) is 19.3 Å². The molecule has 0 aromatic heterocycles. The summed E-state index contributed by atoms with van der Waals surface area (Å²) in [4.78, 5) is 11.8. The predicted octanol–water partition coefficient (Wildman–Crippen LogP) is 1.36. The zero-order valence-corrected chi connectivity index (χ0v) is 10.5. The summed E-state index contributed by atoms with van der Waals surface area (Å²) in [6, 6.07) is -0.0627. The van der Waals surface area contributed by atoms with Gasteiger partial charge >= 0.3 is 0 Å². The van der Waals surface area contributed by atoms with Crippen molar-refractivity contribution in [2.45, 2.75) is 76.2 Å². The molecule has 1 aliphatic carbocycles. The zero-order valence-electron chi connectivity index (χ0n) is 10.5. The predicted molar refractivity (Wildman–Crippen MR) is 64.6 cm³/mol. The van der Waals surface area contributed by atoms with E-state index in [4.69, 9.17) is 4.74 Å². The van der Waals surface area contributed by atoms with Gasteiger partial charge in [0.2, 0.25) is 0 Å². The maximum Gasteiger partial charge on any atom is 0.252 e. The number of carbonyl (C=O) groups excluding carboxylic acids is 1. The van der Waals surface area contributed by atoms with Gasteiger partial charge in [-0.2, -0.15) is 0 Å². The normalized spacial score (nSPS) is 36.6. The van der Waals surface area contributed by atoms with Crippen LogP contribution in [0.1, 0.15) is 51.9 Å². The van der Waals surface area contributed by atoms with Crippen molar-refractivity contribution < 1.29 is 14.6 Å². The molecule has 4 nitrogen and oxygen atoms in total. The van der Waals surface area contributed by atoms with Crippen molar-refractivity contribution in [3.63, 3.8) is 0 Å². The fraction of sp³-hybridized carbons (Fsp3) is 0.923. The molecule has 0 aromatic carbocycles. The monoisotopic (exact) mass is 241 g/mol. The third kappa shape index (κ3) is 3.42. The van der Waals surface area contributed by atoms with E-state index in [9.17, 15) is 9.90 Å². The largest absolute Gasteiger partial charge is 0.391 e. The van der Waals surface area contributed by atoms with Gasteiger partial charge in [0.25, 0.3) is 5.91 Å². The van der Waals surface area contributed by atoms with Crippen LogP contribution in [0.15, 0.2) is 0 Å². The standard InChI is InChI=1S/C13H23NO3/c1-2-3-8-11-12(17-11)13(16)14-9-6-4-5-7-10(9)15/h9-12,15H,2-8H2,1H3,(H,14,16)/t9-,10-,11-,12-/m0/s1. The number of hydrogen-bond donors (Lipinski definition) is 2. The molecule has 4 heteroatoms. The molecule has 0 spiro atoms. The van der Waals surface area contributed by atoms with E-state index in [1.807, 2.05) is 0 Å². The van der Waals surface area contributed by atoms with Crippen LogP contribution in [-0.4, -0.2) is 35.4 Å². The molecule has 17 heavy (non-hydrogen) atoms. The van der Waals surface area contributed by atoms with Gasteiger partial charge in [0, 0.05) is 0 Å². The number of amides is 1. The van der Waals surface area contributed by atoms with Crippen LogP contribution in [0.4, 0.5) is 0 Å². The third-order valence-electron chi connectivity index (χ3n) is 3.74. The maximum atomic E-state index is 11.8. The van der Waals surface area contributed by atoms with E-state index in [1.165, 1.54) is 0 Å². The number of epoxide rings is 1. The fourth-order valence-corrected chi connectivity index (χ4v) is 2.54. The lowest BCUT2D eigenvalue weighted by Crippen LogP contribution is -2.46. The minimum atomic E-state index is -0.374. The molecule has 2 fully saturated rings. The number of aliphatic hydroxyl groups excluding tert-OH is 1. The molecule has 0 bridgehead atoms. The van der Waals surface area contributed by atoms with E-state index in [1.54, 1.807) is 0 Å². The number of rotatable bonds is 5. The Bertz CT molecular complexity index is 269. The van der Waals surface area contributed by atoms with Crippen molar-refractivity contribution in [2.75, 3.05) is 0 Å². The molecule has 2 aliphatic rings. The zero-order chi connectivity index (χ0) is 12.3. The summed E-state index contributed by atoms with van der Waals surface area (Å²) < 4.78 is 5.36. The Kier molecular flexibility index (Phi) is 4.40. The van der Waals surface area contributed by atoms with E-state index in [0.29, 0.717) is 0 Å². The first kappa shape index (κ1) is 12.8. The van der Waals surface area contributed by atoms with Gasteiger partial charge in [0.05, 0.1) is 18.2 Å². The van der Waals surface area contributed by atoms with Gasteiger partial charge in [-0.15, -0.1) is 0 Å². The molecule has 0 radical (unpaired) electrons. The summed E-state index contributed by atoms with van der Waals surface area (Å²) in [6.45, 7) is 2.13. The molecule has 1 heterocycles. The van der Waals surface area contributed by atoms with Gasteiger partial charge in [0.15, 0.2) is 6.10 Å². The summed E-state index contributed by atoms with van der Waals surface area (Å²) in [5, 5.41) is 12.7. The van der Waals surface area contributed by atoms with Crippen LogP contribution >= 0.6 is 0 Å². The molecule has 1 saturated carbocycles. The lowest BCUT2D eigenvalue weighted by Gasteiger charge is -2.28. The van der Waals surface area contributed by atoms with E-state index in [-0.39, 0.29) is 30.3 Å². The summed E-state index contributed by atoms with van der Waals surface area (Å²) >= 11 is 0. The fourth-order valence-electron chi connectivity index (χ4n) is 2.54. The smallest absolute Gasteiger partial charge is 0.252 e. The number of carbonyl (C=O) groups is 1. The molecule has 1 amide bonds. The summed E-state index contributed by atoms with van der Waals surface area (Å²) in [7, 11) is 0. The summed E-state index contributed by atoms with van der Waals surface area (Å²) in [5.74, 6) is -0.0305. The van der Waals surface area contributed by atoms with E-state index in [0.717, 1.165) is 44.9 Å². The first-order valence-corrected chi connectivity index (χ1v) is 6.86. The van der Waals surface area contributed by atoms with Gasteiger partial charge in [-0.25, -0.2) is 0 Å². The summed E-state index contributed by atoms with van der Waals surface area (Å²) in [5.41, 5.74) is 0. The highest BCUT2D eigenvalue weighted by Gasteiger charge is 2.45. The first-order valence-electron chi connectivity index (χ1n) is 6.86. The average Bonchev–Trinajstić information content (AvgIpc) is 3.09. The second kappa shape index (κ2) is 5.83. The Morgan fingerprint density at radius 3 is 2.88 bits per heavy atom. The second-order valence-electron chi connectivity index (χ2n) is 5.20. The number of hydrogen-bond acceptors (Lipinski definition) is 3. The van der Waals surface area contributed by atoms with Crippen LogP contribution < -0.4 is 5.32 Å². The SMILES string of the molecule is CCCC[C@@H]1O[C@@H]1C(=O)N[C@H]1CCCC[C@@H]1O. The number of unbranched alkanes of at least 4 members (excludes halogenated alkanes) is 1. The maximum absolute atomic E-state index is 11.8. The van der Waals surface area contributed by atoms with Crippen LogP contribution in [0.3, 0.4) is 0 Å². The van der Waals surface area contributed by atoms with Gasteiger partial charge < -0.3 is 15.2 Å². The molecule has 1 saturated heterocycles. The van der Waals surface area contributed by atoms with Crippen molar-refractivity contribution in [2.24, 2.45) is 0 Å². The lowest BCUT2D eigenvalue weighted by molar-refractivity contribution is -0.124. The number of nitrogens with one attached hydrogen (secondary N) is 1. The highest BCUT2D eigenvalue weighted by Crippen LogP contribution is 2.28. The minimum Gasteiger partial charge on any atom is -0.391 e. The highest BCUT2D eigenvalue weighted by molar-refractivity contribution is 5.84. The Balaban J connectivity index is 1.71. The Labute approximate surface area is 103 Å². The summed E-state index contributed by atoms with van der Waals surface area (Å²) in [6.07, 6.45) is 6.55. The van der Waals surface area contributed by atoms with Gasteiger partial charge in [0.1, 0.15) is 0 Å². The topological polar surface area (TPSA) is 61.9 Å². The molecule has 2 N–H and O–H groups in total. The van der Waals surface area contributed by atoms with Crippen LogP contribution in [0.2, 0.25) is 0 Å². The van der Waals surface area contributed by atoms with Crippen molar-refractivity contribution >= 4 is 5.91 Å². The number of aliphatic hydroxyl groups is 1. The molecular formula is C13H23NO3. The van der Waals surface area contributed by atoms with E-state index in [2.05, 4.69) is 12.2 Å². The minimum absolute atomic E-state index is 0.0305. The molecule has 2 rings (SSSR count). The molecule has 98 valence electrons. The molecule has 0 aromatic rings. The quantitative estimate of drug-likeness (QED) is 0.714. The van der Waals surface area contributed by atoms with Crippen molar-refractivity contribution in [1.82, 2.24) is 5.32 Å². The Morgan fingerprint density at radius 1 is 1.41 bits per heavy atom. The van der Waals surface area contributed by atoms with E-state index < -0.39 is 0 Å². The van der Waals surface area contributed by atoms with E-state index >= 15 is 0 Å². The van der Waals surface area contributed by atoms with Gasteiger partial charge in [-0.3, -0.25) is 4.79 Å². The van der Waals surface area contributed by atoms with Crippen LogP contribution in [0.25, 0.3) is 0 Å². The second-order valence-corrected chi connectivity index (χ2v) is 5.20. The van der Waals surface area contributed by atoms with Crippen LogP contribution in [-0.2, 0) is 9.53 Å². The van der Waals surface area contributed by atoms with Gasteiger partial charge in [-0.1, -0.05) is 32.6 Å². The first-order chi connectivity index (χ1) is 8.22. The number of ether oxygens (including phenoxy) is 1. The van der Waals surface area contributed by atoms with Crippen molar-refractivity contribution in [3.8, 4) is 0 Å². The average molecular weight is 241 g/mol. The van der Waals surface area contributed by atoms with Crippen molar-refractivity contribution in [1.29, 1.82) is 0 Å². The molecular weight excluding hydrogens is 218 g/mol. The lowest BCUT2D eigenvalue weighted by atomic mass is 9.92. The Hall–Kier alpha value is -0.610. The van der Waals surface area contributed by atoms with Crippen molar-refractivity contribution in [3.05, 3.63) is 0 Å².